The van der Waals surface area contributed by atoms with Crippen molar-refractivity contribution in [1.82, 2.24) is 10.3 Å². The lowest BCUT2D eigenvalue weighted by atomic mass is 9.94. The van der Waals surface area contributed by atoms with E-state index >= 15 is 0 Å². The number of nitrogens with one attached hydrogen (secondary N) is 1. The molecule has 0 spiro atoms. The summed E-state index contributed by atoms with van der Waals surface area (Å²) in [5.74, 6) is -0.330. The van der Waals surface area contributed by atoms with Gasteiger partial charge in [-0.2, -0.15) is 0 Å². The van der Waals surface area contributed by atoms with Gasteiger partial charge in [0.25, 0.3) is 0 Å². The van der Waals surface area contributed by atoms with Crippen LogP contribution in [0.15, 0.2) is 24.5 Å². The van der Waals surface area contributed by atoms with E-state index in [0.717, 1.165) is 18.4 Å². The quantitative estimate of drug-likeness (QED) is 0.828. The second-order valence-corrected chi connectivity index (χ2v) is 4.62. The summed E-state index contributed by atoms with van der Waals surface area (Å²) in [6.07, 6.45) is 9.42. The fraction of sp³-hybridized carbons (Fsp3) is 0.538. The fourth-order valence-corrected chi connectivity index (χ4v) is 2.39. The van der Waals surface area contributed by atoms with Gasteiger partial charge in [0.05, 0.1) is 0 Å². The number of aromatic nitrogens is 1. The van der Waals surface area contributed by atoms with E-state index in [4.69, 9.17) is 5.73 Å². The molecule has 4 nitrogen and oxygen atoms in total. The van der Waals surface area contributed by atoms with E-state index in [9.17, 15) is 4.79 Å². The minimum Gasteiger partial charge on any atom is -0.368 e. The standard InChI is InChI=1S/C13H19N3O/c14-13(17)12(10-5-4-8-15-9-10)16-11-6-2-1-3-7-11/h4-5,8-9,11-12,16H,1-3,6-7H2,(H2,14,17). The Balaban J connectivity index is 2.05. The van der Waals surface area contributed by atoms with Crippen molar-refractivity contribution in [3.8, 4) is 0 Å². The first kappa shape index (κ1) is 12.0. The second-order valence-electron chi connectivity index (χ2n) is 4.62. The molecule has 0 aromatic carbocycles. The molecule has 1 atom stereocenters. The van der Waals surface area contributed by atoms with Gasteiger partial charge in [-0.1, -0.05) is 25.3 Å². The highest BCUT2D eigenvalue weighted by Gasteiger charge is 2.22. The SMILES string of the molecule is NC(=O)C(NC1CCCCC1)c1cccnc1. The molecule has 0 aliphatic heterocycles. The van der Waals surface area contributed by atoms with Crippen molar-refractivity contribution in [2.45, 2.75) is 44.2 Å². The Morgan fingerprint density at radius 2 is 2.18 bits per heavy atom. The van der Waals surface area contributed by atoms with Crippen LogP contribution in [0.5, 0.6) is 0 Å². The van der Waals surface area contributed by atoms with Gasteiger partial charge in [-0.3, -0.25) is 15.1 Å². The zero-order valence-corrected chi connectivity index (χ0v) is 9.93. The highest BCUT2D eigenvalue weighted by molar-refractivity contribution is 5.81. The molecule has 3 N–H and O–H groups in total. The summed E-state index contributed by atoms with van der Waals surface area (Å²) >= 11 is 0. The second kappa shape index (κ2) is 5.77. The molecule has 1 aromatic heterocycles. The maximum Gasteiger partial charge on any atom is 0.239 e. The Labute approximate surface area is 102 Å². The summed E-state index contributed by atoms with van der Waals surface area (Å²) in [7, 11) is 0. The van der Waals surface area contributed by atoms with Crippen LogP contribution in [0, 0.1) is 0 Å². The summed E-state index contributed by atoms with van der Waals surface area (Å²) in [4.78, 5) is 15.5. The number of primary amides is 1. The number of amides is 1. The number of hydrogen-bond donors (Lipinski definition) is 2. The molecule has 0 radical (unpaired) electrons. The Bertz CT molecular complexity index is 360. The Morgan fingerprint density at radius 3 is 2.76 bits per heavy atom. The van der Waals surface area contributed by atoms with Crippen LogP contribution in [-0.4, -0.2) is 16.9 Å². The monoisotopic (exact) mass is 233 g/mol. The number of nitrogens with two attached hydrogens (primary N) is 1. The van der Waals surface area contributed by atoms with Crippen molar-refractivity contribution in [2.75, 3.05) is 0 Å². The summed E-state index contributed by atoms with van der Waals surface area (Å²) in [6.45, 7) is 0. The molecule has 92 valence electrons. The summed E-state index contributed by atoms with van der Waals surface area (Å²) in [6, 6.07) is 3.71. The van der Waals surface area contributed by atoms with Gasteiger partial charge in [-0.05, 0) is 24.5 Å². The van der Waals surface area contributed by atoms with Gasteiger partial charge in [-0.25, -0.2) is 0 Å². The Kier molecular flexibility index (Phi) is 4.09. The number of carbonyl (C=O) groups is 1. The van der Waals surface area contributed by atoms with Crippen LogP contribution < -0.4 is 11.1 Å². The predicted octanol–water partition coefficient (Wildman–Crippen LogP) is 1.53. The fourth-order valence-electron chi connectivity index (χ4n) is 2.39. The Hall–Kier alpha value is -1.42. The summed E-state index contributed by atoms with van der Waals surface area (Å²) in [5, 5.41) is 3.36. The minimum absolute atomic E-state index is 0.330. The first-order valence-electron chi connectivity index (χ1n) is 6.22. The zero-order chi connectivity index (χ0) is 12.1. The first-order valence-corrected chi connectivity index (χ1v) is 6.22. The molecule has 1 aromatic rings. The van der Waals surface area contributed by atoms with E-state index in [2.05, 4.69) is 10.3 Å². The van der Waals surface area contributed by atoms with Crippen LogP contribution >= 0.6 is 0 Å². The number of carbonyl (C=O) groups excluding carboxylic acids is 1. The molecule has 2 rings (SSSR count). The van der Waals surface area contributed by atoms with Crippen LogP contribution in [0.1, 0.15) is 43.7 Å². The molecule has 0 bridgehead atoms. The van der Waals surface area contributed by atoms with Crippen molar-refractivity contribution in [2.24, 2.45) is 5.73 Å². The molecular weight excluding hydrogens is 214 g/mol. The molecule has 0 saturated heterocycles. The van der Waals surface area contributed by atoms with Gasteiger partial charge in [0, 0.05) is 18.4 Å². The van der Waals surface area contributed by atoms with E-state index in [1.807, 2.05) is 12.1 Å². The third kappa shape index (κ3) is 3.27. The van der Waals surface area contributed by atoms with Crippen LogP contribution in [0.3, 0.4) is 0 Å². The number of hydrogen-bond acceptors (Lipinski definition) is 3. The molecule has 1 amide bonds. The molecular formula is C13H19N3O. The summed E-state index contributed by atoms with van der Waals surface area (Å²) in [5.41, 5.74) is 6.31. The molecule has 1 heterocycles. The molecule has 1 aliphatic rings. The van der Waals surface area contributed by atoms with E-state index in [1.54, 1.807) is 12.4 Å². The van der Waals surface area contributed by atoms with Gasteiger partial charge in [0.2, 0.25) is 5.91 Å². The predicted molar refractivity (Wildman–Crippen MR) is 66.2 cm³/mol. The van der Waals surface area contributed by atoms with Crippen LogP contribution in [0.4, 0.5) is 0 Å². The van der Waals surface area contributed by atoms with Crippen LogP contribution in [-0.2, 0) is 4.79 Å². The normalized spacial score (nSPS) is 18.8. The maximum atomic E-state index is 11.5. The van der Waals surface area contributed by atoms with Gasteiger partial charge in [0.15, 0.2) is 0 Å². The van der Waals surface area contributed by atoms with Crippen LogP contribution in [0.25, 0.3) is 0 Å². The molecule has 4 heteroatoms. The van der Waals surface area contributed by atoms with E-state index < -0.39 is 6.04 Å². The van der Waals surface area contributed by atoms with Crippen molar-refractivity contribution in [1.29, 1.82) is 0 Å². The molecule has 1 aliphatic carbocycles. The largest absolute Gasteiger partial charge is 0.368 e. The molecule has 17 heavy (non-hydrogen) atoms. The van der Waals surface area contributed by atoms with E-state index in [1.165, 1.54) is 19.3 Å². The van der Waals surface area contributed by atoms with Gasteiger partial charge in [-0.15, -0.1) is 0 Å². The lowest BCUT2D eigenvalue weighted by Gasteiger charge is -2.27. The summed E-state index contributed by atoms with van der Waals surface area (Å²) < 4.78 is 0. The lowest BCUT2D eigenvalue weighted by molar-refractivity contribution is -0.120. The molecule has 1 saturated carbocycles. The van der Waals surface area contributed by atoms with Gasteiger partial charge in [0.1, 0.15) is 6.04 Å². The average Bonchev–Trinajstić information content (AvgIpc) is 2.38. The van der Waals surface area contributed by atoms with E-state index in [0.29, 0.717) is 6.04 Å². The molecule has 1 fully saturated rings. The van der Waals surface area contributed by atoms with Crippen molar-refractivity contribution in [3.63, 3.8) is 0 Å². The smallest absolute Gasteiger partial charge is 0.239 e. The lowest BCUT2D eigenvalue weighted by Crippen LogP contribution is -2.41. The van der Waals surface area contributed by atoms with Gasteiger partial charge >= 0.3 is 0 Å². The number of pyridine rings is 1. The van der Waals surface area contributed by atoms with Crippen molar-refractivity contribution in [3.05, 3.63) is 30.1 Å². The topological polar surface area (TPSA) is 68.0 Å². The third-order valence-electron chi connectivity index (χ3n) is 3.31. The van der Waals surface area contributed by atoms with E-state index in [-0.39, 0.29) is 5.91 Å². The average molecular weight is 233 g/mol. The van der Waals surface area contributed by atoms with Crippen molar-refractivity contribution < 1.29 is 4.79 Å². The third-order valence-corrected chi connectivity index (χ3v) is 3.31. The minimum atomic E-state index is -0.410. The van der Waals surface area contributed by atoms with Crippen molar-refractivity contribution >= 4 is 5.91 Å². The first-order chi connectivity index (χ1) is 8.27. The zero-order valence-electron chi connectivity index (χ0n) is 9.93. The number of rotatable bonds is 4. The maximum absolute atomic E-state index is 11.5. The highest BCUT2D eigenvalue weighted by atomic mass is 16.1. The number of nitrogens with zero attached hydrogens (tertiary/aromatic N) is 1. The highest BCUT2D eigenvalue weighted by Crippen LogP contribution is 2.21. The van der Waals surface area contributed by atoms with Gasteiger partial charge < -0.3 is 5.73 Å². The van der Waals surface area contributed by atoms with Crippen LogP contribution in [0.2, 0.25) is 0 Å². The Morgan fingerprint density at radius 1 is 1.41 bits per heavy atom. The molecule has 1 unspecified atom stereocenters.